The van der Waals surface area contributed by atoms with Crippen LogP contribution in [0.2, 0.25) is 0 Å². The van der Waals surface area contributed by atoms with E-state index < -0.39 is 0 Å². The van der Waals surface area contributed by atoms with Crippen LogP contribution in [-0.4, -0.2) is 19.8 Å². The molecule has 0 bridgehead atoms. The van der Waals surface area contributed by atoms with Crippen LogP contribution in [0.5, 0.6) is 11.5 Å². The van der Waals surface area contributed by atoms with Crippen molar-refractivity contribution in [2.24, 2.45) is 0 Å². The Morgan fingerprint density at radius 1 is 0.850 bits per heavy atom. The normalized spacial score (nSPS) is 10.2. The van der Waals surface area contributed by atoms with E-state index in [1.807, 2.05) is 49.4 Å². The van der Waals surface area contributed by atoms with Gasteiger partial charge in [-0.2, -0.15) is 0 Å². The third-order valence-electron chi connectivity index (χ3n) is 2.85. The Morgan fingerprint density at radius 3 is 2.25 bits per heavy atom. The molecule has 2 aromatic carbocycles. The van der Waals surface area contributed by atoms with Crippen LogP contribution in [0.25, 0.3) is 0 Å². The summed E-state index contributed by atoms with van der Waals surface area (Å²) in [6.07, 6.45) is 0. The molecule has 0 radical (unpaired) electrons. The first-order valence-corrected chi connectivity index (χ1v) is 6.99. The third kappa shape index (κ3) is 4.94. The van der Waals surface area contributed by atoms with Crippen LogP contribution < -0.4 is 14.8 Å². The fourth-order valence-corrected chi connectivity index (χ4v) is 1.86. The average molecular weight is 271 g/mol. The van der Waals surface area contributed by atoms with E-state index in [-0.39, 0.29) is 0 Å². The quantitative estimate of drug-likeness (QED) is 0.748. The van der Waals surface area contributed by atoms with Crippen molar-refractivity contribution in [3.8, 4) is 11.5 Å². The Hall–Kier alpha value is -2.00. The molecule has 3 nitrogen and oxygen atoms in total. The van der Waals surface area contributed by atoms with Gasteiger partial charge in [-0.1, -0.05) is 30.3 Å². The fourth-order valence-electron chi connectivity index (χ4n) is 1.86. The van der Waals surface area contributed by atoms with Crippen LogP contribution in [0.4, 0.5) is 0 Å². The van der Waals surface area contributed by atoms with Gasteiger partial charge in [-0.05, 0) is 36.8 Å². The molecule has 0 amide bonds. The third-order valence-corrected chi connectivity index (χ3v) is 2.85. The zero-order valence-electron chi connectivity index (χ0n) is 11.8. The summed E-state index contributed by atoms with van der Waals surface area (Å²) in [4.78, 5) is 0. The summed E-state index contributed by atoms with van der Waals surface area (Å²) in [5.41, 5.74) is 1.24. The van der Waals surface area contributed by atoms with Gasteiger partial charge < -0.3 is 14.8 Å². The van der Waals surface area contributed by atoms with Crippen molar-refractivity contribution in [3.05, 3.63) is 60.2 Å². The van der Waals surface area contributed by atoms with Crippen molar-refractivity contribution in [1.29, 1.82) is 0 Å². The number of hydrogen-bond acceptors (Lipinski definition) is 3. The molecule has 0 fully saturated rings. The van der Waals surface area contributed by atoms with E-state index in [0.29, 0.717) is 13.2 Å². The number of hydrogen-bond donors (Lipinski definition) is 1. The molecule has 2 rings (SSSR count). The highest BCUT2D eigenvalue weighted by molar-refractivity contribution is 5.27. The second-order valence-corrected chi connectivity index (χ2v) is 4.42. The van der Waals surface area contributed by atoms with E-state index in [1.54, 1.807) is 0 Å². The summed E-state index contributed by atoms with van der Waals surface area (Å²) in [5, 5.41) is 3.36. The summed E-state index contributed by atoms with van der Waals surface area (Å²) in [7, 11) is 0. The molecule has 0 spiro atoms. The van der Waals surface area contributed by atoms with Gasteiger partial charge in [0.25, 0.3) is 0 Å². The van der Waals surface area contributed by atoms with E-state index in [1.165, 1.54) is 5.56 Å². The average Bonchev–Trinajstić information content (AvgIpc) is 2.50. The van der Waals surface area contributed by atoms with Crippen molar-refractivity contribution in [2.45, 2.75) is 13.5 Å². The summed E-state index contributed by atoms with van der Waals surface area (Å²) in [6.45, 7) is 5.02. The Morgan fingerprint density at radius 2 is 1.55 bits per heavy atom. The minimum absolute atomic E-state index is 0.668. The molecule has 0 saturated heterocycles. The molecule has 1 N–H and O–H groups in total. The fraction of sp³-hybridized carbons (Fsp3) is 0.294. The van der Waals surface area contributed by atoms with Crippen LogP contribution in [0.1, 0.15) is 12.5 Å². The molecule has 0 saturated carbocycles. The number of para-hydroxylation sites is 1. The van der Waals surface area contributed by atoms with Gasteiger partial charge in [0.15, 0.2) is 0 Å². The Balaban J connectivity index is 1.63. The van der Waals surface area contributed by atoms with Crippen LogP contribution in [-0.2, 0) is 6.54 Å². The Bertz CT molecular complexity index is 482. The molecule has 0 aromatic heterocycles. The predicted octanol–water partition coefficient (Wildman–Crippen LogP) is 3.25. The van der Waals surface area contributed by atoms with Crippen LogP contribution in [0, 0.1) is 0 Å². The maximum absolute atomic E-state index is 5.61. The lowest BCUT2D eigenvalue weighted by molar-refractivity contribution is 0.313. The number of benzene rings is 2. The lowest BCUT2D eigenvalue weighted by Gasteiger charge is -2.08. The molecule has 0 unspecified atom stereocenters. The topological polar surface area (TPSA) is 30.5 Å². The highest BCUT2D eigenvalue weighted by atomic mass is 16.5. The van der Waals surface area contributed by atoms with Crippen LogP contribution >= 0.6 is 0 Å². The highest BCUT2D eigenvalue weighted by Crippen LogP contribution is 2.11. The first-order chi connectivity index (χ1) is 9.88. The Labute approximate surface area is 120 Å². The van der Waals surface area contributed by atoms with Gasteiger partial charge in [0.1, 0.15) is 18.1 Å². The van der Waals surface area contributed by atoms with Gasteiger partial charge in [-0.15, -0.1) is 0 Å². The standard InChI is InChI=1S/C17H21NO2/c1-2-19-17-10-8-15(9-11-17)14-18-12-13-20-16-6-4-3-5-7-16/h3-11,18H,2,12-14H2,1H3. The van der Waals surface area contributed by atoms with Gasteiger partial charge in [0.05, 0.1) is 6.61 Å². The van der Waals surface area contributed by atoms with Crippen LogP contribution in [0.15, 0.2) is 54.6 Å². The van der Waals surface area contributed by atoms with Crippen molar-refractivity contribution < 1.29 is 9.47 Å². The summed E-state index contributed by atoms with van der Waals surface area (Å²) in [6, 6.07) is 18.0. The zero-order chi connectivity index (χ0) is 14.0. The van der Waals surface area contributed by atoms with Crippen molar-refractivity contribution >= 4 is 0 Å². The van der Waals surface area contributed by atoms with E-state index in [0.717, 1.165) is 24.6 Å². The molecule has 0 atom stereocenters. The Kier molecular flexibility index (Phi) is 5.93. The molecule has 3 heteroatoms. The van der Waals surface area contributed by atoms with Crippen molar-refractivity contribution in [1.82, 2.24) is 5.32 Å². The minimum atomic E-state index is 0.668. The summed E-state index contributed by atoms with van der Waals surface area (Å²) in [5.74, 6) is 1.83. The number of nitrogens with one attached hydrogen (secondary N) is 1. The second kappa shape index (κ2) is 8.23. The van der Waals surface area contributed by atoms with Crippen molar-refractivity contribution in [3.63, 3.8) is 0 Å². The molecule has 20 heavy (non-hydrogen) atoms. The molecular weight excluding hydrogens is 250 g/mol. The lowest BCUT2D eigenvalue weighted by Crippen LogP contribution is -2.20. The second-order valence-electron chi connectivity index (χ2n) is 4.42. The lowest BCUT2D eigenvalue weighted by atomic mass is 10.2. The van der Waals surface area contributed by atoms with Gasteiger partial charge in [-0.3, -0.25) is 0 Å². The molecule has 0 aliphatic rings. The zero-order valence-corrected chi connectivity index (χ0v) is 11.8. The molecular formula is C17H21NO2. The number of rotatable bonds is 8. The first kappa shape index (κ1) is 14.4. The van der Waals surface area contributed by atoms with E-state index >= 15 is 0 Å². The maximum Gasteiger partial charge on any atom is 0.119 e. The predicted molar refractivity (Wildman–Crippen MR) is 81.3 cm³/mol. The number of ether oxygens (including phenoxy) is 2. The van der Waals surface area contributed by atoms with Crippen LogP contribution in [0.3, 0.4) is 0 Å². The van der Waals surface area contributed by atoms with Gasteiger partial charge in [0.2, 0.25) is 0 Å². The molecule has 2 aromatic rings. The van der Waals surface area contributed by atoms with E-state index in [9.17, 15) is 0 Å². The first-order valence-electron chi connectivity index (χ1n) is 6.99. The van der Waals surface area contributed by atoms with Gasteiger partial charge >= 0.3 is 0 Å². The largest absolute Gasteiger partial charge is 0.494 e. The molecule has 0 aliphatic carbocycles. The van der Waals surface area contributed by atoms with Crippen molar-refractivity contribution in [2.75, 3.05) is 19.8 Å². The van der Waals surface area contributed by atoms with Gasteiger partial charge in [0, 0.05) is 13.1 Å². The molecule has 0 heterocycles. The maximum atomic E-state index is 5.61. The molecule has 0 aliphatic heterocycles. The SMILES string of the molecule is CCOc1ccc(CNCCOc2ccccc2)cc1. The minimum Gasteiger partial charge on any atom is -0.494 e. The summed E-state index contributed by atoms with van der Waals surface area (Å²) >= 11 is 0. The van der Waals surface area contributed by atoms with E-state index in [2.05, 4.69) is 17.4 Å². The van der Waals surface area contributed by atoms with Gasteiger partial charge in [-0.25, -0.2) is 0 Å². The monoisotopic (exact) mass is 271 g/mol. The van der Waals surface area contributed by atoms with E-state index in [4.69, 9.17) is 9.47 Å². The molecule has 106 valence electrons. The smallest absolute Gasteiger partial charge is 0.119 e. The highest BCUT2D eigenvalue weighted by Gasteiger charge is 1.95. The summed E-state index contributed by atoms with van der Waals surface area (Å²) < 4.78 is 11.0.